The number of hydrogen-bond acceptors (Lipinski definition) is 4. The van der Waals surface area contributed by atoms with E-state index in [1.54, 1.807) is 11.3 Å². The third kappa shape index (κ3) is 3.31. The zero-order valence-corrected chi connectivity index (χ0v) is 14.6. The fraction of sp³-hybridized carbons (Fsp3) is 0.474. The molecule has 1 amide bonds. The van der Waals surface area contributed by atoms with Gasteiger partial charge in [0.25, 0.3) is 0 Å². The largest absolute Gasteiger partial charge is 0.493 e. The van der Waals surface area contributed by atoms with E-state index in [0.29, 0.717) is 18.9 Å². The summed E-state index contributed by atoms with van der Waals surface area (Å²) in [6.45, 7) is 2.75. The number of amides is 1. The summed E-state index contributed by atoms with van der Waals surface area (Å²) in [5.74, 6) is 1.85. The van der Waals surface area contributed by atoms with Gasteiger partial charge in [0.15, 0.2) is 0 Å². The minimum atomic E-state index is 0.0892. The van der Waals surface area contributed by atoms with Gasteiger partial charge in [-0.1, -0.05) is 18.2 Å². The van der Waals surface area contributed by atoms with Crippen molar-refractivity contribution in [3.8, 4) is 5.75 Å². The quantitative estimate of drug-likeness (QED) is 0.894. The summed E-state index contributed by atoms with van der Waals surface area (Å²) < 4.78 is 5.70. The van der Waals surface area contributed by atoms with Crippen LogP contribution in [-0.4, -0.2) is 17.5 Å². The summed E-state index contributed by atoms with van der Waals surface area (Å²) in [6.07, 6.45) is 5.69. The lowest BCUT2D eigenvalue weighted by molar-refractivity contribution is -0.122. The molecule has 1 aliphatic heterocycles. The van der Waals surface area contributed by atoms with E-state index in [1.807, 2.05) is 24.4 Å². The van der Waals surface area contributed by atoms with E-state index >= 15 is 0 Å². The molecule has 4 nitrogen and oxygen atoms in total. The van der Waals surface area contributed by atoms with Gasteiger partial charge in [0.1, 0.15) is 10.8 Å². The zero-order chi connectivity index (χ0) is 16.5. The van der Waals surface area contributed by atoms with Gasteiger partial charge in [-0.15, -0.1) is 11.3 Å². The molecule has 0 unspecified atom stereocenters. The predicted octanol–water partition coefficient (Wildman–Crippen LogP) is 3.98. The molecule has 1 aromatic carbocycles. The lowest BCUT2D eigenvalue weighted by atomic mass is 9.90. The number of rotatable bonds is 5. The van der Waals surface area contributed by atoms with Crippen molar-refractivity contribution in [1.29, 1.82) is 0 Å². The third-order valence-electron chi connectivity index (χ3n) is 4.83. The Hall–Kier alpha value is -1.88. The van der Waals surface area contributed by atoms with Crippen LogP contribution in [0.25, 0.3) is 0 Å². The minimum Gasteiger partial charge on any atom is -0.493 e. The van der Waals surface area contributed by atoms with Crippen molar-refractivity contribution in [3.63, 3.8) is 0 Å². The fourth-order valence-corrected chi connectivity index (χ4v) is 4.33. The smallest absolute Gasteiger partial charge is 0.221 e. The number of thiazole rings is 1. The number of carbonyl (C=O) groups is 1. The van der Waals surface area contributed by atoms with Gasteiger partial charge >= 0.3 is 0 Å². The summed E-state index contributed by atoms with van der Waals surface area (Å²) in [7, 11) is 0. The van der Waals surface area contributed by atoms with Crippen LogP contribution in [0.5, 0.6) is 5.75 Å². The van der Waals surface area contributed by atoms with Gasteiger partial charge < -0.3 is 10.1 Å². The molecule has 0 saturated heterocycles. The molecule has 1 aromatic heterocycles. The van der Waals surface area contributed by atoms with Crippen LogP contribution in [0.2, 0.25) is 0 Å². The van der Waals surface area contributed by atoms with Crippen LogP contribution < -0.4 is 10.1 Å². The lowest BCUT2D eigenvalue weighted by Gasteiger charge is -2.26. The van der Waals surface area contributed by atoms with Crippen LogP contribution in [0.1, 0.15) is 53.1 Å². The molecule has 0 bridgehead atoms. The van der Waals surface area contributed by atoms with Gasteiger partial charge in [-0.05, 0) is 49.7 Å². The first-order valence-corrected chi connectivity index (χ1v) is 9.46. The maximum Gasteiger partial charge on any atom is 0.221 e. The molecular weight excluding hydrogens is 320 g/mol. The summed E-state index contributed by atoms with van der Waals surface area (Å²) >= 11 is 1.69. The first-order chi connectivity index (χ1) is 11.7. The molecule has 2 atom stereocenters. The van der Waals surface area contributed by atoms with Gasteiger partial charge in [0.05, 0.1) is 12.6 Å². The Morgan fingerprint density at radius 2 is 2.21 bits per heavy atom. The van der Waals surface area contributed by atoms with Crippen LogP contribution in [0, 0.1) is 12.8 Å². The van der Waals surface area contributed by atoms with E-state index in [9.17, 15) is 4.79 Å². The molecule has 1 fully saturated rings. The molecule has 1 saturated carbocycles. The van der Waals surface area contributed by atoms with Crippen LogP contribution in [0.4, 0.5) is 0 Å². The van der Waals surface area contributed by atoms with Crippen molar-refractivity contribution >= 4 is 17.2 Å². The van der Waals surface area contributed by atoms with Crippen LogP contribution in [0.3, 0.4) is 0 Å². The van der Waals surface area contributed by atoms with E-state index in [2.05, 4.69) is 23.3 Å². The SMILES string of the molecule is Cc1cnc([C@H](NC(=O)C[C@H]2CCOc3ccccc32)C2CC2)s1. The number of hydrogen-bond donors (Lipinski definition) is 1. The van der Waals surface area contributed by atoms with E-state index in [0.717, 1.165) is 22.7 Å². The zero-order valence-electron chi connectivity index (χ0n) is 13.8. The minimum absolute atomic E-state index is 0.0892. The summed E-state index contributed by atoms with van der Waals surface area (Å²) in [5.41, 5.74) is 1.16. The lowest BCUT2D eigenvalue weighted by Crippen LogP contribution is -2.31. The molecule has 2 aliphatic rings. The molecule has 2 aromatic rings. The highest BCUT2D eigenvalue weighted by Crippen LogP contribution is 2.42. The van der Waals surface area contributed by atoms with Crippen molar-refractivity contribution < 1.29 is 9.53 Å². The summed E-state index contributed by atoms with van der Waals surface area (Å²) in [5, 5.41) is 4.31. The van der Waals surface area contributed by atoms with E-state index in [-0.39, 0.29) is 17.9 Å². The average Bonchev–Trinajstić information content (AvgIpc) is 3.34. The predicted molar refractivity (Wildman–Crippen MR) is 94.4 cm³/mol. The average molecular weight is 342 g/mol. The molecule has 5 heteroatoms. The molecule has 2 heterocycles. The molecule has 1 N–H and O–H groups in total. The highest BCUT2D eigenvalue weighted by atomic mass is 32.1. The number of carbonyl (C=O) groups excluding carboxylic acids is 1. The number of fused-ring (bicyclic) bond motifs is 1. The molecule has 24 heavy (non-hydrogen) atoms. The molecule has 0 spiro atoms. The molecule has 0 radical (unpaired) electrons. The monoisotopic (exact) mass is 342 g/mol. The Morgan fingerprint density at radius 1 is 1.38 bits per heavy atom. The van der Waals surface area contributed by atoms with Gasteiger partial charge in [-0.3, -0.25) is 4.79 Å². The van der Waals surface area contributed by atoms with Gasteiger partial charge in [0.2, 0.25) is 5.91 Å². The molecular formula is C19H22N2O2S. The van der Waals surface area contributed by atoms with Gasteiger partial charge in [-0.25, -0.2) is 4.98 Å². The second kappa shape index (κ2) is 6.55. The van der Waals surface area contributed by atoms with Crippen molar-refractivity contribution in [2.24, 2.45) is 5.92 Å². The molecule has 1 aliphatic carbocycles. The Balaban J connectivity index is 1.45. The fourth-order valence-electron chi connectivity index (χ4n) is 3.41. The summed E-state index contributed by atoms with van der Waals surface area (Å²) in [6, 6.07) is 8.16. The maximum atomic E-state index is 12.7. The number of aryl methyl sites for hydroxylation is 1. The van der Waals surface area contributed by atoms with E-state index in [1.165, 1.54) is 17.7 Å². The Labute approximate surface area is 146 Å². The Morgan fingerprint density at radius 3 is 2.96 bits per heavy atom. The van der Waals surface area contributed by atoms with E-state index < -0.39 is 0 Å². The standard InChI is InChI=1S/C19H22N2O2S/c1-12-11-20-19(24-12)18(13-6-7-13)21-17(22)10-14-8-9-23-16-5-3-2-4-15(14)16/h2-5,11,13-14,18H,6-10H2,1H3,(H,21,22)/t14-,18-/m1/s1. The third-order valence-corrected chi connectivity index (χ3v) is 5.83. The van der Waals surface area contributed by atoms with Crippen molar-refractivity contribution in [3.05, 3.63) is 45.9 Å². The van der Waals surface area contributed by atoms with Crippen molar-refractivity contribution in [2.75, 3.05) is 6.61 Å². The first kappa shape index (κ1) is 15.6. The van der Waals surface area contributed by atoms with Crippen LogP contribution >= 0.6 is 11.3 Å². The second-order valence-electron chi connectivity index (χ2n) is 6.77. The summed E-state index contributed by atoms with van der Waals surface area (Å²) in [4.78, 5) is 18.4. The number of nitrogens with zero attached hydrogens (tertiary/aromatic N) is 1. The van der Waals surface area contributed by atoms with Gasteiger partial charge in [-0.2, -0.15) is 0 Å². The Kier molecular flexibility index (Phi) is 4.27. The van der Waals surface area contributed by atoms with E-state index in [4.69, 9.17) is 4.74 Å². The number of nitrogens with one attached hydrogen (secondary N) is 1. The molecule has 126 valence electrons. The Bertz CT molecular complexity index is 738. The van der Waals surface area contributed by atoms with Crippen molar-refractivity contribution in [2.45, 2.75) is 44.6 Å². The number of aromatic nitrogens is 1. The van der Waals surface area contributed by atoms with Crippen molar-refractivity contribution in [1.82, 2.24) is 10.3 Å². The first-order valence-electron chi connectivity index (χ1n) is 8.64. The normalized spacial score (nSPS) is 20.8. The van der Waals surface area contributed by atoms with Gasteiger partial charge in [0, 0.05) is 17.5 Å². The second-order valence-corrected chi connectivity index (χ2v) is 8.03. The van der Waals surface area contributed by atoms with Crippen LogP contribution in [0.15, 0.2) is 30.5 Å². The maximum absolute atomic E-state index is 12.7. The molecule has 4 rings (SSSR count). The number of ether oxygens (including phenoxy) is 1. The topological polar surface area (TPSA) is 51.2 Å². The highest BCUT2D eigenvalue weighted by Gasteiger charge is 2.35. The number of para-hydroxylation sites is 1. The van der Waals surface area contributed by atoms with Crippen LogP contribution in [-0.2, 0) is 4.79 Å². The number of benzene rings is 1. The highest BCUT2D eigenvalue weighted by molar-refractivity contribution is 7.11.